The van der Waals surface area contributed by atoms with E-state index in [0.29, 0.717) is 6.42 Å². The van der Waals surface area contributed by atoms with Crippen LogP contribution in [0.4, 0.5) is 0 Å². The van der Waals surface area contributed by atoms with Crippen LogP contribution in [-0.4, -0.2) is 6.29 Å². The molecule has 0 heterocycles. The van der Waals surface area contributed by atoms with E-state index >= 15 is 0 Å². The number of rotatable bonds is 10. The number of allylic oxidation sites excluding steroid dienone is 6. The van der Waals surface area contributed by atoms with Crippen molar-refractivity contribution in [2.24, 2.45) is 0 Å². The van der Waals surface area contributed by atoms with Gasteiger partial charge in [0.1, 0.15) is 6.29 Å². The minimum absolute atomic E-state index is 0.653. The highest BCUT2D eigenvalue weighted by Crippen LogP contribution is 2.00. The highest BCUT2D eigenvalue weighted by atomic mass is 16.1. The van der Waals surface area contributed by atoms with E-state index < -0.39 is 0 Å². The van der Waals surface area contributed by atoms with Gasteiger partial charge in [0.15, 0.2) is 0 Å². The predicted molar refractivity (Wildman–Crippen MR) is 71.5 cm³/mol. The van der Waals surface area contributed by atoms with E-state index in [-0.39, 0.29) is 0 Å². The molecule has 1 heteroatoms. The summed E-state index contributed by atoms with van der Waals surface area (Å²) in [5.41, 5.74) is 0. The molecule has 16 heavy (non-hydrogen) atoms. The second-order valence-corrected chi connectivity index (χ2v) is 3.73. The van der Waals surface area contributed by atoms with Gasteiger partial charge in [-0.15, -0.1) is 0 Å². The minimum atomic E-state index is 0.653. The van der Waals surface area contributed by atoms with Crippen molar-refractivity contribution in [2.75, 3.05) is 0 Å². The van der Waals surface area contributed by atoms with E-state index in [2.05, 4.69) is 43.4 Å². The Labute approximate surface area is 99.9 Å². The maximum Gasteiger partial charge on any atom is 0.120 e. The lowest BCUT2D eigenvalue weighted by Crippen LogP contribution is -1.72. The zero-order valence-corrected chi connectivity index (χ0v) is 10.4. The SMILES string of the molecule is CCC=CCC=CCCCC=CCCC=O. The molecule has 0 saturated carbocycles. The van der Waals surface area contributed by atoms with Crippen molar-refractivity contribution >= 4 is 6.29 Å². The Balaban J connectivity index is 3.22. The van der Waals surface area contributed by atoms with Crippen molar-refractivity contribution in [3.63, 3.8) is 0 Å². The van der Waals surface area contributed by atoms with Crippen LogP contribution in [0.1, 0.15) is 51.9 Å². The van der Waals surface area contributed by atoms with Crippen molar-refractivity contribution in [3.05, 3.63) is 36.5 Å². The molecular weight excluding hydrogens is 196 g/mol. The van der Waals surface area contributed by atoms with Crippen molar-refractivity contribution in [3.8, 4) is 0 Å². The highest BCUT2D eigenvalue weighted by molar-refractivity contribution is 5.49. The lowest BCUT2D eigenvalue weighted by atomic mass is 10.2. The summed E-state index contributed by atoms with van der Waals surface area (Å²) < 4.78 is 0. The van der Waals surface area contributed by atoms with Crippen LogP contribution in [0.3, 0.4) is 0 Å². The summed E-state index contributed by atoms with van der Waals surface area (Å²) in [6.45, 7) is 2.15. The molecule has 0 aliphatic carbocycles. The van der Waals surface area contributed by atoms with Crippen molar-refractivity contribution in [1.82, 2.24) is 0 Å². The molecule has 0 bridgehead atoms. The summed E-state index contributed by atoms with van der Waals surface area (Å²) in [6, 6.07) is 0. The largest absolute Gasteiger partial charge is 0.303 e. The van der Waals surface area contributed by atoms with Gasteiger partial charge >= 0.3 is 0 Å². The molecule has 0 N–H and O–H groups in total. The summed E-state index contributed by atoms with van der Waals surface area (Å²) in [5.74, 6) is 0. The number of hydrogen-bond donors (Lipinski definition) is 0. The molecule has 0 aromatic carbocycles. The molecule has 0 fully saturated rings. The third-order valence-electron chi connectivity index (χ3n) is 2.20. The Morgan fingerprint density at radius 2 is 1.38 bits per heavy atom. The first kappa shape index (κ1) is 14.9. The number of aldehydes is 1. The normalized spacial score (nSPS) is 12.1. The molecule has 0 unspecified atom stereocenters. The molecule has 0 aliphatic rings. The molecule has 0 aromatic heterocycles. The first-order valence-electron chi connectivity index (χ1n) is 6.30. The standard InChI is InChI=1S/C15H24O/c1-2-3-4-5-6-7-8-9-10-11-12-13-14-15-16/h3-4,6-7,11-12,15H,2,5,8-10,13-14H2,1H3. The predicted octanol–water partition coefficient (Wildman–Crippen LogP) is 4.60. The van der Waals surface area contributed by atoms with Gasteiger partial charge < -0.3 is 4.79 Å². The lowest BCUT2D eigenvalue weighted by molar-refractivity contribution is -0.107. The Morgan fingerprint density at radius 1 is 0.750 bits per heavy atom. The van der Waals surface area contributed by atoms with Gasteiger partial charge in [0.25, 0.3) is 0 Å². The fourth-order valence-electron chi connectivity index (χ4n) is 1.31. The van der Waals surface area contributed by atoms with Gasteiger partial charge in [-0.1, -0.05) is 43.4 Å². The van der Waals surface area contributed by atoms with Gasteiger partial charge in [0.2, 0.25) is 0 Å². The highest BCUT2D eigenvalue weighted by Gasteiger charge is 1.81. The van der Waals surface area contributed by atoms with Gasteiger partial charge in [-0.2, -0.15) is 0 Å². The maximum absolute atomic E-state index is 10.0. The van der Waals surface area contributed by atoms with E-state index in [4.69, 9.17) is 0 Å². The summed E-state index contributed by atoms with van der Waals surface area (Å²) in [4.78, 5) is 10.0. The van der Waals surface area contributed by atoms with Crippen LogP contribution in [0.25, 0.3) is 0 Å². The second-order valence-electron chi connectivity index (χ2n) is 3.73. The Kier molecular flexibility index (Phi) is 12.9. The molecule has 0 rings (SSSR count). The zero-order chi connectivity index (χ0) is 11.9. The van der Waals surface area contributed by atoms with Gasteiger partial charge in [-0.05, 0) is 38.5 Å². The first-order valence-corrected chi connectivity index (χ1v) is 6.30. The van der Waals surface area contributed by atoms with E-state index in [1.54, 1.807) is 0 Å². The van der Waals surface area contributed by atoms with Crippen LogP contribution >= 0.6 is 0 Å². The number of carbonyl (C=O) groups is 1. The molecule has 0 atom stereocenters. The average Bonchev–Trinajstić information content (AvgIpc) is 2.31. The Hall–Kier alpha value is -1.11. The molecule has 90 valence electrons. The molecule has 0 aliphatic heterocycles. The molecular formula is C15H24O. The number of carbonyl (C=O) groups excluding carboxylic acids is 1. The van der Waals surface area contributed by atoms with Crippen molar-refractivity contribution in [1.29, 1.82) is 0 Å². The molecule has 0 spiro atoms. The Morgan fingerprint density at radius 3 is 2.06 bits per heavy atom. The van der Waals surface area contributed by atoms with E-state index in [9.17, 15) is 4.79 Å². The summed E-state index contributed by atoms with van der Waals surface area (Å²) in [7, 11) is 0. The van der Waals surface area contributed by atoms with E-state index in [1.165, 1.54) is 6.42 Å². The lowest BCUT2D eigenvalue weighted by Gasteiger charge is -1.90. The van der Waals surface area contributed by atoms with Gasteiger partial charge in [-0.25, -0.2) is 0 Å². The summed E-state index contributed by atoms with van der Waals surface area (Å²) >= 11 is 0. The van der Waals surface area contributed by atoms with Crippen molar-refractivity contribution < 1.29 is 4.79 Å². The fraction of sp³-hybridized carbons (Fsp3) is 0.533. The van der Waals surface area contributed by atoms with Crippen LogP contribution in [-0.2, 0) is 4.79 Å². The molecule has 1 nitrogen and oxygen atoms in total. The van der Waals surface area contributed by atoms with Crippen LogP contribution in [0.5, 0.6) is 0 Å². The first-order chi connectivity index (χ1) is 7.91. The van der Waals surface area contributed by atoms with Crippen LogP contribution in [0.15, 0.2) is 36.5 Å². The van der Waals surface area contributed by atoms with Gasteiger partial charge in [0.05, 0.1) is 0 Å². The third-order valence-corrected chi connectivity index (χ3v) is 2.20. The number of hydrogen-bond acceptors (Lipinski definition) is 1. The van der Waals surface area contributed by atoms with Crippen LogP contribution < -0.4 is 0 Å². The molecule has 0 aromatic rings. The minimum Gasteiger partial charge on any atom is -0.303 e. The van der Waals surface area contributed by atoms with Crippen molar-refractivity contribution in [2.45, 2.75) is 51.9 Å². The van der Waals surface area contributed by atoms with E-state index in [0.717, 1.165) is 38.4 Å². The molecule has 0 amide bonds. The number of unbranched alkanes of at least 4 members (excludes halogenated alkanes) is 3. The van der Waals surface area contributed by atoms with Gasteiger partial charge in [-0.3, -0.25) is 0 Å². The smallest absolute Gasteiger partial charge is 0.120 e. The van der Waals surface area contributed by atoms with E-state index in [1.807, 2.05) is 0 Å². The molecule has 0 radical (unpaired) electrons. The fourth-order valence-corrected chi connectivity index (χ4v) is 1.31. The Bertz CT molecular complexity index is 224. The monoisotopic (exact) mass is 220 g/mol. The summed E-state index contributed by atoms with van der Waals surface area (Å²) in [5, 5.41) is 0. The maximum atomic E-state index is 10.0. The van der Waals surface area contributed by atoms with Crippen LogP contribution in [0, 0.1) is 0 Å². The quantitative estimate of drug-likeness (QED) is 0.298. The third kappa shape index (κ3) is 12.9. The molecule has 0 saturated heterocycles. The van der Waals surface area contributed by atoms with Crippen LogP contribution in [0.2, 0.25) is 0 Å². The summed E-state index contributed by atoms with van der Waals surface area (Å²) in [6.07, 6.45) is 21.3. The van der Waals surface area contributed by atoms with Gasteiger partial charge in [0, 0.05) is 6.42 Å². The zero-order valence-electron chi connectivity index (χ0n) is 10.4. The second kappa shape index (κ2) is 13.9. The topological polar surface area (TPSA) is 17.1 Å². The average molecular weight is 220 g/mol.